The van der Waals surface area contributed by atoms with Gasteiger partial charge in [0.25, 0.3) is 0 Å². The smallest absolute Gasteiger partial charge is 0.215 e. The van der Waals surface area contributed by atoms with Crippen LogP contribution in [0.2, 0.25) is 0 Å². The van der Waals surface area contributed by atoms with Crippen molar-refractivity contribution >= 4 is 10.0 Å². The minimum Gasteiger partial charge on any atom is -0.379 e. The highest BCUT2D eigenvalue weighted by molar-refractivity contribution is 7.89. The predicted octanol–water partition coefficient (Wildman–Crippen LogP) is 0.747. The standard InChI is InChI=1S/C14H22N2O3S/c1-13-4-2-3-5-14(13)12-15-6-11-20(17,18)16-7-9-19-10-8-16/h2-5,15H,6-12H2,1H3. The number of hydrogen-bond donors (Lipinski definition) is 1. The molecule has 0 atom stereocenters. The molecule has 1 heterocycles. The van der Waals surface area contributed by atoms with Crippen LogP contribution in [0, 0.1) is 6.92 Å². The van der Waals surface area contributed by atoms with Crippen LogP contribution in [0.25, 0.3) is 0 Å². The summed E-state index contributed by atoms with van der Waals surface area (Å²) in [6.45, 7) is 5.16. The zero-order chi connectivity index (χ0) is 14.4. The fourth-order valence-corrected chi connectivity index (χ4v) is 3.55. The number of benzene rings is 1. The highest BCUT2D eigenvalue weighted by atomic mass is 32.2. The molecule has 1 aliphatic rings. The number of hydrogen-bond acceptors (Lipinski definition) is 4. The maximum atomic E-state index is 12.1. The van der Waals surface area contributed by atoms with Crippen LogP contribution in [0.4, 0.5) is 0 Å². The van der Waals surface area contributed by atoms with Gasteiger partial charge in [0.1, 0.15) is 0 Å². The zero-order valence-electron chi connectivity index (χ0n) is 11.8. The van der Waals surface area contributed by atoms with Gasteiger partial charge in [0.2, 0.25) is 10.0 Å². The predicted molar refractivity (Wildman–Crippen MR) is 79.1 cm³/mol. The third-order valence-electron chi connectivity index (χ3n) is 3.48. The molecule has 0 bridgehead atoms. The van der Waals surface area contributed by atoms with E-state index in [2.05, 4.69) is 24.4 Å². The van der Waals surface area contributed by atoms with Crippen LogP contribution in [0.3, 0.4) is 0 Å². The lowest BCUT2D eigenvalue weighted by atomic mass is 10.1. The van der Waals surface area contributed by atoms with Gasteiger partial charge in [0.05, 0.1) is 19.0 Å². The van der Waals surface area contributed by atoms with E-state index >= 15 is 0 Å². The third-order valence-corrected chi connectivity index (χ3v) is 5.35. The van der Waals surface area contributed by atoms with E-state index < -0.39 is 10.0 Å². The second kappa shape index (κ2) is 7.17. The van der Waals surface area contributed by atoms with Crippen LogP contribution in [0.15, 0.2) is 24.3 Å². The Morgan fingerprint density at radius 3 is 2.65 bits per heavy atom. The van der Waals surface area contributed by atoms with Gasteiger partial charge in [-0.3, -0.25) is 0 Å². The Morgan fingerprint density at radius 1 is 1.25 bits per heavy atom. The van der Waals surface area contributed by atoms with Crippen molar-refractivity contribution in [1.29, 1.82) is 0 Å². The molecule has 6 heteroatoms. The van der Waals surface area contributed by atoms with E-state index in [1.165, 1.54) is 15.4 Å². The number of morpholine rings is 1. The minimum absolute atomic E-state index is 0.138. The van der Waals surface area contributed by atoms with Crippen molar-refractivity contribution in [2.24, 2.45) is 0 Å². The van der Waals surface area contributed by atoms with Crippen LogP contribution in [0.5, 0.6) is 0 Å². The number of aryl methyl sites for hydroxylation is 1. The summed E-state index contributed by atoms with van der Waals surface area (Å²) in [6, 6.07) is 8.11. The maximum absolute atomic E-state index is 12.1. The summed E-state index contributed by atoms with van der Waals surface area (Å²) >= 11 is 0. The molecule has 0 aromatic heterocycles. The van der Waals surface area contributed by atoms with Gasteiger partial charge >= 0.3 is 0 Å². The highest BCUT2D eigenvalue weighted by Crippen LogP contribution is 2.07. The van der Waals surface area contributed by atoms with E-state index in [-0.39, 0.29) is 5.75 Å². The molecule has 1 fully saturated rings. The van der Waals surface area contributed by atoms with E-state index in [4.69, 9.17) is 4.74 Å². The Hall–Kier alpha value is -0.950. The number of ether oxygens (including phenoxy) is 1. The normalized spacial score (nSPS) is 17.2. The van der Waals surface area contributed by atoms with Gasteiger partial charge in [0.15, 0.2) is 0 Å². The summed E-state index contributed by atoms with van der Waals surface area (Å²) < 4.78 is 30.9. The maximum Gasteiger partial charge on any atom is 0.215 e. The van der Waals surface area contributed by atoms with Gasteiger partial charge in [-0.25, -0.2) is 8.42 Å². The Kier molecular flexibility index (Phi) is 5.54. The summed E-state index contributed by atoms with van der Waals surface area (Å²) in [7, 11) is -3.16. The third kappa shape index (κ3) is 4.28. The molecule has 20 heavy (non-hydrogen) atoms. The molecule has 1 aliphatic heterocycles. The van der Waals surface area contributed by atoms with Gasteiger partial charge in [-0.1, -0.05) is 24.3 Å². The molecule has 5 nitrogen and oxygen atoms in total. The van der Waals surface area contributed by atoms with Crippen molar-refractivity contribution in [2.75, 3.05) is 38.6 Å². The quantitative estimate of drug-likeness (QED) is 0.787. The van der Waals surface area contributed by atoms with Crippen molar-refractivity contribution in [1.82, 2.24) is 9.62 Å². The molecule has 0 amide bonds. The molecular formula is C14H22N2O3S. The average molecular weight is 298 g/mol. The summed E-state index contributed by atoms with van der Waals surface area (Å²) in [4.78, 5) is 0. The van der Waals surface area contributed by atoms with E-state index in [1.54, 1.807) is 0 Å². The van der Waals surface area contributed by atoms with Gasteiger partial charge in [-0.2, -0.15) is 4.31 Å². The van der Waals surface area contributed by atoms with Crippen LogP contribution in [-0.2, 0) is 21.3 Å². The van der Waals surface area contributed by atoms with Gasteiger partial charge in [0, 0.05) is 26.2 Å². The van der Waals surface area contributed by atoms with E-state index in [9.17, 15) is 8.42 Å². The lowest BCUT2D eigenvalue weighted by molar-refractivity contribution is 0.0730. The highest BCUT2D eigenvalue weighted by Gasteiger charge is 2.23. The molecule has 0 spiro atoms. The average Bonchev–Trinajstić information content (AvgIpc) is 2.46. The molecule has 1 N–H and O–H groups in total. The Labute approximate surface area is 121 Å². The van der Waals surface area contributed by atoms with Crippen LogP contribution in [-0.4, -0.2) is 51.3 Å². The van der Waals surface area contributed by atoms with Crippen molar-refractivity contribution in [3.05, 3.63) is 35.4 Å². The second-order valence-corrected chi connectivity index (χ2v) is 7.02. The minimum atomic E-state index is -3.16. The Morgan fingerprint density at radius 2 is 1.95 bits per heavy atom. The van der Waals surface area contributed by atoms with Gasteiger partial charge in [-0.15, -0.1) is 0 Å². The molecule has 2 rings (SSSR count). The van der Waals surface area contributed by atoms with Gasteiger partial charge < -0.3 is 10.1 Å². The van der Waals surface area contributed by atoms with E-state index in [1.807, 2.05) is 12.1 Å². The lowest BCUT2D eigenvalue weighted by Gasteiger charge is -2.26. The van der Waals surface area contributed by atoms with Gasteiger partial charge in [-0.05, 0) is 18.1 Å². The molecule has 0 aliphatic carbocycles. The molecular weight excluding hydrogens is 276 g/mol. The summed E-state index contributed by atoms with van der Waals surface area (Å²) in [6.07, 6.45) is 0. The number of nitrogens with zero attached hydrogens (tertiary/aromatic N) is 1. The Bertz CT molecular complexity index is 525. The first-order valence-corrected chi connectivity index (χ1v) is 8.51. The summed E-state index contributed by atoms with van der Waals surface area (Å²) in [5, 5.41) is 3.20. The van der Waals surface area contributed by atoms with Crippen molar-refractivity contribution in [2.45, 2.75) is 13.5 Å². The number of sulfonamides is 1. The molecule has 1 aromatic carbocycles. The first kappa shape index (κ1) is 15.4. The van der Waals surface area contributed by atoms with Crippen LogP contribution < -0.4 is 5.32 Å². The number of nitrogens with one attached hydrogen (secondary N) is 1. The first-order valence-electron chi connectivity index (χ1n) is 6.90. The summed E-state index contributed by atoms with van der Waals surface area (Å²) in [5.74, 6) is 0.138. The Balaban J connectivity index is 1.76. The largest absolute Gasteiger partial charge is 0.379 e. The fraction of sp³-hybridized carbons (Fsp3) is 0.571. The summed E-state index contributed by atoms with van der Waals surface area (Å²) in [5.41, 5.74) is 2.42. The topological polar surface area (TPSA) is 58.6 Å². The SMILES string of the molecule is Cc1ccccc1CNCCS(=O)(=O)N1CCOCC1. The second-order valence-electron chi connectivity index (χ2n) is 4.93. The molecule has 0 saturated carbocycles. The van der Waals surface area contributed by atoms with E-state index in [0.29, 0.717) is 39.4 Å². The number of rotatable bonds is 6. The van der Waals surface area contributed by atoms with Crippen LogP contribution >= 0.6 is 0 Å². The molecule has 1 aromatic rings. The van der Waals surface area contributed by atoms with Crippen molar-refractivity contribution < 1.29 is 13.2 Å². The molecule has 0 radical (unpaired) electrons. The first-order chi connectivity index (χ1) is 9.59. The van der Waals surface area contributed by atoms with Crippen molar-refractivity contribution in [3.8, 4) is 0 Å². The lowest BCUT2D eigenvalue weighted by Crippen LogP contribution is -2.43. The monoisotopic (exact) mass is 298 g/mol. The molecule has 1 saturated heterocycles. The zero-order valence-corrected chi connectivity index (χ0v) is 12.7. The van der Waals surface area contributed by atoms with E-state index in [0.717, 1.165) is 0 Å². The molecule has 0 unspecified atom stereocenters. The molecule has 112 valence electrons. The van der Waals surface area contributed by atoms with Crippen molar-refractivity contribution in [3.63, 3.8) is 0 Å². The fourth-order valence-electron chi connectivity index (χ4n) is 2.19. The van der Waals surface area contributed by atoms with Crippen LogP contribution in [0.1, 0.15) is 11.1 Å².